The number of aryl methyl sites for hydroxylation is 1. The van der Waals surface area contributed by atoms with E-state index in [0.717, 1.165) is 54.6 Å². The van der Waals surface area contributed by atoms with Gasteiger partial charge < -0.3 is 0 Å². The number of hydrogen-bond donors (Lipinski definition) is 0. The molecule has 0 aliphatic heterocycles. The number of hydrogen-bond acceptors (Lipinski definition) is 2. The Hall–Kier alpha value is -3.47. The molecule has 0 atom stereocenters. The van der Waals surface area contributed by atoms with Crippen molar-refractivity contribution in [3.8, 4) is 5.69 Å². The Kier molecular flexibility index (Phi) is 7.45. The van der Waals surface area contributed by atoms with Gasteiger partial charge in [-0.05, 0) is 86.4 Å². The third-order valence-corrected chi connectivity index (χ3v) is 7.54. The second-order valence-corrected chi connectivity index (χ2v) is 9.90. The van der Waals surface area contributed by atoms with Gasteiger partial charge in [0.1, 0.15) is 5.82 Å². The molecule has 1 heterocycles. The highest BCUT2D eigenvalue weighted by Crippen LogP contribution is 2.36. The van der Waals surface area contributed by atoms with E-state index < -0.39 is 0 Å². The summed E-state index contributed by atoms with van der Waals surface area (Å²) in [4.78, 5) is 15.2. The van der Waals surface area contributed by atoms with E-state index in [1.807, 2.05) is 40.8 Å². The first-order valence-electron chi connectivity index (χ1n) is 13.2. The zero-order valence-electron chi connectivity index (χ0n) is 20.9. The molecule has 1 amide bonds. The first kappa shape index (κ1) is 24.2. The third-order valence-electron chi connectivity index (χ3n) is 7.54. The minimum Gasteiger partial charge on any atom is -0.292 e. The number of nitrogens with zero attached hydrogens (tertiary/aromatic N) is 3. The Balaban J connectivity index is 1.34. The fourth-order valence-corrected chi connectivity index (χ4v) is 5.60. The number of benzene rings is 3. The molecule has 0 spiro atoms. The van der Waals surface area contributed by atoms with Gasteiger partial charge in [0.05, 0.1) is 11.2 Å². The molecule has 0 N–H and O–H groups in total. The van der Waals surface area contributed by atoms with Crippen LogP contribution in [0.1, 0.15) is 57.4 Å². The van der Waals surface area contributed by atoms with Crippen LogP contribution >= 0.6 is 0 Å². The number of halogens is 1. The van der Waals surface area contributed by atoms with Gasteiger partial charge in [-0.15, -0.1) is 5.10 Å². The topological polar surface area (TPSA) is 38.1 Å². The van der Waals surface area contributed by atoms with Gasteiger partial charge in [0, 0.05) is 17.8 Å². The standard InChI is InChI=1S/C31H34FN3O/c1-2-30(36)34(26-19-15-24(16-20-26)12-8-11-23-9-4-3-5-10-23)31-28-13-6-7-14-29(28)35(33-31)27-21-17-25(32)18-22-27/h3-7,9-10,13-14,17-18,21-22,24,26H,2,8,11-12,15-16,19-20H2,1H3. The van der Waals surface area contributed by atoms with Gasteiger partial charge in [0.2, 0.25) is 5.91 Å². The molecule has 36 heavy (non-hydrogen) atoms. The molecule has 4 nitrogen and oxygen atoms in total. The van der Waals surface area contributed by atoms with Gasteiger partial charge in [0.15, 0.2) is 5.82 Å². The summed E-state index contributed by atoms with van der Waals surface area (Å²) in [5, 5.41) is 5.89. The summed E-state index contributed by atoms with van der Waals surface area (Å²) < 4.78 is 15.4. The summed E-state index contributed by atoms with van der Waals surface area (Å²) in [5.74, 6) is 1.27. The van der Waals surface area contributed by atoms with Gasteiger partial charge in [-0.3, -0.25) is 9.69 Å². The minimum atomic E-state index is -0.279. The van der Waals surface area contributed by atoms with Crippen LogP contribution < -0.4 is 4.90 Å². The Morgan fingerprint density at radius 3 is 2.36 bits per heavy atom. The van der Waals surface area contributed by atoms with Crippen molar-refractivity contribution < 1.29 is 9.18 Å². The van der Waals surface area contributed by atoms with Crippen molar-refractivity contribution in [1.82, 2.24) is 9.78 Å². The van der Waals surface area contributed by atoms with Crippen molar-refractivity contribution in [2.24, 2.45) is 5.92 Å². The van der Waals surface area contributed by atoms with Gasteiger partial charge in [-0.25, -0.2) is 9.07 Å². The Morgan fingerprint density at radius 2 is 1.64 bits per heavy atom. The van der Waals surface area contributed by atoms with Crippen LogP contribution in [-0.4, -0.2) is 21.7 Å². The highest BCUT2D eigenvalue weighted by Gasteiger charge is 2.32. The third kappa shape index (κ3) is 5.20. The fraction of sp³-hybridized carbons (Fsp3) is 0.355. The van der Waals surface area contributed by atoms with Crippen LogP contribution in [0, 0.1) is 11.7 Å². The predicted molar refractivity (Wildman–Crippen MR) is 144 cm³/mol. The first-order chi connectivity index (χ1) is 17.6. The van der Waals surface area contributed by atoms with E-state index in [9.17, 15) is 9.18 Å². The SMILES string of the molecule is CCC(=O)N(c1nn(-c2ccc(F)cc2)c2ccccc12)C1CCC(CCCc2ccccc2)CC1. The number of rotatable bonds is 8. The van der Waals surface area contributed by atoms with Gasteiger partial charge >= 0.3 is 0 Å². The smallest absolute Gasteiger partial charge is 0.228 e. The van der Waals surface area contributed by atoms with Crippen molar-refractivity contribution in [3.05, 3.63) is 90.2 Å². The van der Waals surface area contributed by atoms with Crippen molar-refractivity contribution in [3.63, 3.8) is 0 Å². The van der Waals surface area contributed by atoms with Gasteiger partial charge in [-0.1, -0.05) is 55.8 Å². The molecule has 0 radical (unpaired) electrons. The average Bonchev–Trinajstić information content (AvgIpc) is 3.30. The molecular weight excluding hydrogens is 449 g/mol. The molecule has 4 aromatic rings. The number of carbonyl (C=O) groups excluding carboxylic acids is 1. The molecule has 1 fully saturated rings. The van der Waals surface area contributed by atoms with Gasteiger partial charge in [0.25, 0.3) is 0 Å². The first-order valence-corrected chi connectivity index (χ1v) is 13.2. The molecule has 0 bridgehead atoms. The van der Waals surface area contributed by atoms with Crippen LogP contribution in [0.5, 0.6) is 0 Å². The lowest BCUT2D eigenvalue weighted by atomic mass is 9.82. The molecule has 5 rings (SSSR count). The molecule has 186 valence electrons. The molecule has 3 aromatic carbocycles. The molecule has 5 heteroatoms. The van der Waals surface area contributed by atoms with Crippen LogP contribution in [0.25, 0.3) is 16.6 Å². The minimum absolute atomic E-state index is 0.108. The summed E-state index contributed by atoms with van der Waals surface area (Å²) in [6, 6.07) is 25.2. The highest BCUT2D eigenvalue weighted by molar-refractivity contribution is 6.02. The summed E-state index contributed by atoms with van der Waals surface area (Å²) in [6.45, 7) is 1.92. The second-order valence-electron chi connectivity index (χ2n) is 9.90. The van der Waals surface area contributed by atoms with E-state index in [1.54, 1.807) is 12.1 Å². The quantitative estimate of drug-likeness (QED) is 0.260. The maximum Gasteiger partial charge on any atom is 0.228 e. The Bertz CT molecular complexity index is 1290. The summed E-state index contributed by atoms with van der Waals surface area (Å²) >= 11 is 0. The lowest BCUT2D eigenvalue weighted by Gasteiger charge is -2.36. The van der Waals surface area contributed by atoms with Gasteiger partial charge in [-0.2, -0.15) is 0 Å². The maximum absolute atomic E-state index is 13.6. The van der Waals surface area contributed by atoms with E-state index in [0.29, 0.717) is 12.2 Å². The maximum atomic E-state index is 13.6. The van der Waals surface area contributed by atoms with E-state index in [-0.39, 0.29) is 17.8 Å². The number of carbonyl (C=O) groups is 1. The summed E-state index contributed by atoms with van der Waals surface area (Å²) in [7, 11) is 0. The average molecular weight is 484 g/mol. The molecular formula is C31H34FN3O. The Morgan fingerprint density at radius 1 is 0.944 bits per heavy atom. The predicted octanol–water partition coefficient (Wildman–Crippen LogP) is 7.49. The molecule has 1 aliphatic carbocycles. The number of para-hydroxylation sites is 1. The molecule has 1 saturated carbocycles. The lowest BCUT2D eigenvalue weighted by Crippen LogP contribution is -2.42. The van der Waals surface area contributed by atoms with Crippen LogP contribution in [0.2, 0.25) is 0 Å². The highest BCUT2D eigenvalue weighted by atomic mass is 19.1. The lowest BCUT2D eigenvalue weighted by molar-refractivity contribution is -0.119. The largest absolute Gasteiger partial charge is 0.292 e. The summed E-state index contributed by atoms with van der Waals surface area (Å²) in [5.41, 5.74) is 3.11. The zero-order chi connectivity index (χ0) is 24.9. The zero-order valence-corrected chi connectivity index (χ0v) is 20.9. The van der Waals surface area contributed by atoms with Crippen molar-refractivity contribution in [1.29, 1.82) is 0 Å². The normalized spacial score (nSPS) is 17.8. The Labute approximate surface area is 212 Å². The second kappa shape index (κ2) is 11.1. The van der Waals surface area contributed by atoms with Crippen molar-refractivity contribution >= 4 is 22.6 Å². The molecule has 0 saturated heterocycles. The number of anilines is 1. The van der Waals surface area contributed by atoms with E-state index in [2.05, 4.69) is 30.3 Å². The van der Waals surface area contributed by atoms with Crippen molar-refractivity contribution in [2.75, 3.05) is 4.90 Å². The summed E-state index contributed by atoms with van der Waals surface area (Å²) in [6.07, 6.45) is 8.31. The number of fused-ring (bicyclic) bond motifs is 1. The van der Waals surface area contributed by atoms with Crippen LogP contribution in [0.4, 0.5) is 10.2 Å². The molecule has 0 unspecified atom stereocenters. The van der Waals surface area contributed by atoms with E-state index >= 15 is 0 Å². The number of aromatic nitrogens is 2. The molecule has 1 aliphatic rings. The van der Waals surface area contributed by atoms with Crippen LogP contribution in [0.3, 0.4) is 0 Å². The molecule has 1 aromatic heterocycles. The van der Waals surface area contributed by atoms with E-state index in [4.69, 9.17) is 5.10 Å². The fourth-order valence-electron chi connectivity index (χ4n) is 5.60. The monoisotopic (exact) mass is 483 g/mol. The van der Waals surface area contributed by atoms with E-state index in [1.165, 1.54) is 30.5 Å². The van der Waals surface area contributed by atoms with Crippen LogP contribution in [-0.2, 0) is 11.2 Å². The number of amides is 1. The van der Waals surface area contributed by atoms with Crippen molar-refractivity contribution in [2.45, 2.75) is 64.3 Å². The van der Waals surface area contributed by atoms with Crippen LogP contribution in [0.15, 0.2) is 78.9 Å².